The number of nitrogens with zero attached hydrogens (tertiary/aromatic N) is 1. The number of sulfone groups is 1. The van der Waals surface area contributed by atoms with E-state index in [1.54, 1.807) is 18.2 Å². The van der Waals surface area contributed by atoms with Crippen molar-refractivity contribution < 1.29 is 13.2 Å². The van der Waals surface area contributed by atoms with Crippen LogP contribution >= 0.6 is 11.8 Å². The van der Waals surface area contributed by atoms with E-state index in [0.717, 1.165) is 17.7 Å². The highest BCUT2D eigenvalue weighted by molar-refractivity contribution is 8.01. The molecular weight excluding hydrogens is 378 g/mol. The van der Waals surface area contributed by atoms with Crippen LogP contribution in [0, 0.1) is 6.92 Å². The second-order valence-electron chi connectivity index (χ2n) is 6.90. The Bertz CT molecular complexity index is 954. The Morgan fingerprint density at radius 3 is 2.70 bits per heavy atom. The van der Waals surface area contributed by atoms with Crippen LogP contribution in [0.5, 0.6) is 0 Å². The lowest BCUT2D eigenvalue weighted by Gasteiger charge is -2.22. The van der Waals surface area contributed by atoms with E-state index >= 15 is 0 Å². The van der Waals surface area contributed by atoms with E-state index in [0.29, 0.717) is 22.8 Å². The zero-order chi connectivity index (χ0) is 19.6. The molecule has 1 unspecified atom stereocenters. The minimum absolute atomic E-state index is 0.0204. The maximum absolute atomic E-state index is 13.1. The van der Waals surface area contributed by atoms with Crippen molar-refractivity contribution in [1.82, 2.24) is 0 Å². The largest absolute Gasteiger partial charge is 0.311 e. The molecule has 0 saturated carbocycles. The fourth-order valence-corrected chi connectivity index (χ4v) is 6.25. The Labute approximate surface area is 165 Å². The third kappa shape index (κ3) is 4.22. The van der Waals surface area contributed by atoms with Gasteiger partial charge in [0.2, 0.25) is 5.91 Å². The van der Waals surface area contributed by atoms with Gasteiger partial charge < -0.3 is 4.90 Å². The monoisotopic (exact) mass is 403 g/mol. The van der Waals surface area contributed by atoms with Crippen LogP contribution in [0.25, 0.3) is 0 Å². The number of hydrogen-bond donors (Lipinski definition) is 0. The first-order valence-electron chi connectivity index (χ1n) is 9.23. The Kier molecular flexibility index (Phi) is 5.96. The van der Waals surface area contributed by atoms with Crippen LogP contribution in [-0.2, 0) is 21.1 Å². The number of rotatable bonds is 6. The molecule has 1 aliphatic heterocycles. The van der Waals surface area contributed by atoms with E-state index in [9.17, 15) is 13.2 Å². The van der Waals surface area contributed by atoms with Gasteiger partial charge in [-0.05, 0) is 56.0 Å². The van der Waals surface area contributed by atoms with Crippen molar-refractivity contribution in [3.05, 3.63) is 53.6 Å². The lowest BCUT2D eigenvalue weighted by molar-refractivity contribution is -0.117. The van der Waals surface area contributed by atoms with Crippen LogP contribution in [0.1, 0.15) is 31.4 Å². The van der Waals surface area contributed by atoms with E-state index in [2.05, 4.69) is 18.2 Å². The van der Waals surface area contributed by atoms with Crippen molar-refractivity contribution in [3.63, 3.8) is 0 Å². The molecule has 3 rings (SSSR count). The molecular formula is C21H25NO3S2. The van der Waals surface area contributed by atoms with E-state index in [1.165, 1.54) is 17.3 Å². The highest BCUT2D eigenvalue weighted by Gasteiger charge is 2.29. The maximum atomic E-state index is 13.1. The summed E-state index contributed by atoms with van der Waals surface area (Å²) in [5.74, 6) is 0.137. The minimum atomic E-state index is -3.33. The first-order chi connectivity index (χ1) is 12.8. The molecule has 1 heterocycles. The lowest BCUT2D eigenvalue weighted by atomic mass is 10.1. The van der Waals surface area contributed by atoms with Crippen LogP contribution in [0.4, 0.5) is 5.69 Å². The standard InChI is InChI=1S/C21H25NO3S2/c1-4-13-27(24,25)20-8-6-5-7-19(20)26-16(3)21(23)22-12-11-17-10-9-15(2)14-18(17)22/h5-10,14,16H,4,11-13H2,1-3H3. The Hall–Kier alpha value is -1.79. The number of aryl methyl sites for hydroxylation is 1. The number of hydrogen-bond acceptors (Lipinski definition) is 4. The normalized spacial score (nSPS) is 14.9. The van der Waals surface area contributed by atoms with Crippen LogP contribution < -0.4 is 4.90 Å². The van der Waals surface area contributed by atoms with Crippen molar-refractivity contribution in [1.29, 1.82) is 0 Å². The van der Waals surface area contributed by atoms with Crippen molar-refractivity contribution >= 4 is 33.2 Å². The number of carbonyl (C=O) groups excluding carboxylic acids is 1. The Morgan fingerprint density at radius 1 is 1.22 bits per heavy atom. The van der Waals surface area contributed by atoms with Crippen molar-refractivity contribution in [2.45, 2.75) is 48.7 Å². The zero-order valence-corrected chi connectivity index (χ0v) is 17.6. The molecule has 1 aliphatic rings. The van der Waals surface area contributed by atoms with Crippen molar-refractivity contribution in [2.75, 3.05) is 17.2 Å². The number of benzene rings is 2. The molecule has 0 aliphatic carbocycles. The summed E-state index contributed by atoms with van der Waals surface area (Å²) < 4.78 is 25.1. The third-order valence-electron chi connectivity index (χ3n) is 4.71. The van der Waals surface area contributed by atoms with Crippen molar-refractivity contribution in [3.8, 4) is 0 Å². The predicted octanol–water partition coefficient (Wildman–Crippen LogP) is 4.25. The molecule has 4 nitrogen and oxygen atoms in total. The summed E-state index contributed by atoms with van der Waals surface area (Å²) >= 11 is 1.33. The molecule has 144 valence electrons. The number of amides is 1. The second kappa shape index (κ2) is 8.07. The average molecular weight is 404 g/mol. The van der Waals surface area contributed by atoms with Crippen LogP contribution in [0.3, 0.4) is 0 Å². The molecule has 2 aromatic carbocycles. The quantitative estimate of drug-likeness (QED) is 0.677. The molecule has 0 bridgehead atoms. The van der Waals surface area contributed by atoms with Crippen LogP contribution in [0.2, 0.25) is 0 Å². The van der Waals surface area contributed by atoms with Gasteiger partial charge in [-0.3, -0.25) is 4.79 Å². The van der Waals surface area contributed by atoms with Gasteiger partial charge in [-0.25, -0.2) is 8.42 Å². The third-order valence-corrected chi connectivity index (χ3v) is 7.98. The van der Waals surface area contributed by atoms with Gasteiger partial charge >= 0.3 is 0 Å². The van der Waals surface area contributed by atoms with E-state index in [4.69, 9.17) is 0 Å². The molecule has 0 radical (unpaired) electrons. The smallest absolute Gasteiger partial charge is 0.240 e. The number of fused-ring (bicyclic) bond motifs is 1. The number of carbonyl (C=O) groups is 1. The molecule has 0 aromatic heterocycles. The van der Waals surface area contributed by atoms with Gasteiger partial charge in [0.05, 0.1) is 15.9 Å². The molecule has 1 atom stereocenters. The Balaban J connectivity index is 1.83. The maximum Gasteiger partial charge on any atom is 0.240 e. The highest BCUT2D eigenvalue weighted by Crippen LogP contribution is 2.35. The predicted molar refractivity (Wildman–Crippen MR) is 111 cm³/mol. The van der Waals surface area contributed by atoms with Gasteiger partial charge in [-0.2, -0.15) is 0 Å². The Morgan fingerprint density at radius 2 is 1.96 bits per heavy atom. The fourth-order valence-electron chi connectivity index (χ4n) is 3.36. The molecule has 0 saturated heterocycles. The summed E-state index contributed by atoms with van der Waals surface area (Å²) in [6.07, 6.45) is 1.43. The van der Waals surface area contributed by atoms with Gasteiger partial charge in [0, 0.05) is 17.1 Å². The van der Waals surface area contributed by atoms with Gasteiger partial charge in [0.1, 0.15) is 0 Å². The molecule has 0 N–H and O–H groups in total. The molecule has 6 heteroatoms. The SMILES string of the molecule is CCCS(=O)(=O)c1ccccc1SC(C)C(=O)N1CCc2ccc(C)cc21. The highest BCUT2D eigenvalue weighted by atomic mass is 32.2. The van der Waals surface area contributed by atoms with E-state index < -0.39 is 9.84 Å². The first kappa shape index (κ1) is 20.0. The summed E-state index contributed by atoms with van der Waals surface area (Å²) in [4.78, 5) is 15.9. The van der Waals surface area contributed by atoms with Gasteiger partial charge in [0.15, 0.2) is 9.84 Å². The average Bonchev–Trinajstić information content (AvgIpc) is 3.04. The molecule has 27 heavy (non-hydrogen) atoms. The van der Waals surface area contributed by atoms with Crippen molar-refractivity contribution in [2.24, 2.45) is 0 Å². The molecule has 2 aromatic rings. The summed E-state index contributed by atoms with van der Waals surface area (Å²) in [6, 6.07) is 13.2. The summed E-state index contributed by atoms with van der Waals surface area (Å²) in [6.45, 7) is 6.41. The van der Waals surface area contributed by atoms with E-state index in [1.807, 2.05) is 31.7 Å². The summed E-state index contributed by atoms with van der Waals surface area (Å²) in [5, 5.41) is -0.366. The van der Waals surface area contributed by atoms with Gasteiger partial charge in [-0.1, -0.05) is 31.2 Å². The summed E-state index contributed by atoms with van der Waals surface area (Å²) in [5.41, 5.74) is 3.31. The molecule has 0 fully saturated rings. The fraction of sp³-hybridized carbons (Fsp3) is 0.381. The van der Waals surface area contributed by atoms with E-state index in [-0.39, 0.29) is 16.9 Å². The molecule has 1 amide bonds. The van der Waals surface area contributed by atoms with Gasteiger partial charge in [0.25, 0.3) is 0 Å². The van der Waals surface area contributed by atoms with Crippen LogP contribution in [-0.4, -0.2) is 31.9 Å². The van der Waals surface area contributed by atoms with Crippen LogP contribution in [0.15, 0.2) is 52.3 Å². The first-order valence-corrected chi connectivity index (χ1v) is 11.8. The number of thioether (sulfide) groups is 1. The molecule has 0 spiro atoms. The minimum Gasteiger partial charge on any atom is -0.311 e. The summed E-state index contributed by atoms with van der Waals surface area (Å²) in [7, 11) is -3.33. The zero-order valence-electron chi connectivity index (χ0n) is 15.9. The number of anilines is 1. The lowest BCUT2D eigenvalue weighted by Crippen LogP contribution is -2.35. The van der Waals surface area contributed by atoms with Gasteiger partial charge in [-0.15, -0.1) is 11.8 Å². The topological polar surface area (TPSA) is 54.5 Å². The second-order valence-corrected chi connectivity index (χ2v) is 10.4.